The van der Waals surface area contributed by atoms with Gasteiger partial charge in [0, 0.05) is 38.9 Å². The van der Waals surface area contributed by atoms with Crippen molar-refractivity contribution < 1.29 is 27.6 Å². The van der Waals surface area contributed by atoms with Crippen LogP contribution in [0.3, 0.4) is 0 Å². The zero-order valence-electron chi connectivity index (χ0n) is 16.4. The van der Waals surface area contributed by atoms with Gasteiger partial charge in [0.25, 0.3) is 0 Å². The van der Waals surface area contributed by atoms with Crippen LogP contribution in [0.25, 0.3) is 0 Å². The van der Waals surface area contributed by atoms with Crippen molar-refractivity contribution in [2.24, 2.45) is 5.92 Å². The van der Waals surface area contributed by atoms with E-state index in [9.17, 15) is 27.6 Å². The number of benzene rings is 1. The molecule has 2 aliphatic heterocycles. The normalized spacial score (nSPS) is 20.8. The Labute approximate surface area is 167 Å². The maximum absolute atomic E-state index is 12.8. The molecule has 2 heterocycles. The number of ketones is 1. The average molecular weight is 410 g/mol. The quantitative estimate of drug-likeness (QED) is 0.767. The lowest BCUT2D eigenvalue weighted by Gasteiger charge is -2.35. The third-order valence-electron chi connectivity index (χ3n) is 5.86. The second-order valence-corrected chi connectivity index (χ2v) is 7.81. The SMILES string of the molecule is CC(=O)N1CCC[C@@H]1C(=O)N1CCC(C(=O)Cc2ccc(C(F)(F)F)cc2)CC1. The zero-order chi connectivity index (χ0) is 21.2. The molecule has 29 heavy (non-hydrogen) atoms. The fraction of sp³-hybridized carbons (Fsp3) is 0.571. The molecule has 0 aromatic heterocycles. The largest absolute Gasteiger partial charge is 0.416 e. The molecular weight excluding hydrogens is 385 g/mol. The summed E-state index contributed by atoms with van der Waals surface area (Å²) in [6, 6.07) is 4.27. The number of nitrogens with zero attached hydrogens (tertiary/aromatic N) is 2. The Bertz CT molecular complexity index is 768. The molecule has 5 nitrogen and oxygen atoms in total. The Morgan fingerprint density at radius 1 is 1.00 bits per heavy atom. The maximum atomic E-state index is 12.8. The molecule has 0 unspecified atom stereocenters. The first-order valence-electron chi connectivity index (χ1n) is 9.91. The molecule has 3 rings (SSSR count). The smallest absolute Gasteiger partial charge is 0.341 e. The van der Waals surface area contributed by atoms with E-state index in [1.54, 1.807) is 9.80 Å². The van der Waals surface area contributed by atoms with Crippen molar-refractivity contribution in [1.29, 1.82) is 0 Å². The minimum atomic E-state index is -4.39. The predicted octanol–water partition coefficient (Wildman–Crippen LogP) is 3.07. The van der Waals surface area contributed by atoms with Crippen molar-refractivity contribution in [3.63, 3.8) is 0 Å². The highest BCUT2D eigenvalue weighted by atomic mass is 19.4. The lowest BCUT2D eigenvalue weighted by molar-refractivity contribution is -0.144. The van der Waals surface area contributed by atoms with Gasteiger partial charge in [-0.1, -0.05) is 12.1 Å². The van der Waals surface area contributed by atoms with Crippen LogP contribution < -0.4 is 0 Å². The van der Waals surface area contributed by atoms with Gasteiger partial charge in [0.15, 0.2) is 0 Å². The highest BCUT2D eigenvalue weighted by molar-refractivity contribution is 5.88. The van der Waals surface area contributed by atoms with Crippen molar-refractivity contribution in [2.45, 2.75) is 51.2 Å². The van der Waals surface area contributed by atoms with E-state index >= 15 is 0 Å². The summed E-state index contributed by atoms with van der Waals surface area (Å²) in [5, 5.41) is 0. The molecule has 8 heteroatoms. The van der Waals surface area contributed by atoms with Gasteiger partial charge in [-0.15, -0.1) is 0 Å². The van der Waals surface area contributed by atoms with Gasteiger partial charge in [-0.2, -0.15) is 13.2 Å². The van der Waals surface area contributed by atoms with Crippen LogP contribution in [0.2, 0.25) is 0 Å². The van der Waals surface area contributed by atoms with Gasteiger partial charge in [-0.25, -0.2) is 0 Å². The summed E-state index contributed by atoms with van der Waals surface area (Å²) in [7, 11) is 0. The number of alkyl halides is 3. The molecule has 2 saturated heterocycles. The van der Waals surface area contributed by atoms with Gasteiger partial charge in [0.05, 0.1) is 5.56 Å². The summed E-state index contributed by atoms with van der Waals surface area (Å²) in [4.78, 5) is 40.3. The number of hydrogen-bond acceptors (Lipinski definition) is 3. The van der Waals surface area contributed by atoms with E-state index in [1.165, 1.54) is 19.1 Å². The van der Waals surface area contributed by atoms with Crippen molar-refractivity contribution in [1.82, 2.24) is 9.80 Å². The van der Waals surface area contributed by atoms with Crippen LogP contribution in [-0.4, -0.2) is 53.1 Å². The Morgan fingerprint density at radius 2 is 1.62 bits per heavy atom. The van der Waals surface area contributed by atoms with Crippen LogP contribution in [0, 0.1) is 5.92 Å². The number of likely N-dealkylation sites (tertiary alicyclic amines) is 2. The third-order valence-corrected chi connectivity index (χ3v) is 5.86. The fourth-order valence-corrected chi connectivity index (χ4v) is 4.19. The van der Waals surface area contributed by atoms with Crippen LogP contribution >= 0.6 is 0 Å². The standard InChI is InChI=1S/C21H25F3N2O3/c1-14(27)26-10-2-3-18(26)20(29)25-11-8-16(9-12-25)19(28)13-15-4-6-17(7-5-15)21(22,23)24/h4-7,16,18H,2-3,8-13H2,1H3/t18-/m1/s1. The first-order valence-corrected chi connectivity index (χ1v) is 9.91. The summed E-state index contributed by atoms with van der Waals surface area (Å²) in [6.45, 7) is 3.00. The summed E-state index contributed by atoms with van der Waals surface area (Å²) in [5.74, 6) is -0.356. The number of carbonyl (C=O) groups is 3. The van der Waals surface area contributed by atoms with E-state index in [-0.39, 0.29) is 29.9 Å². The van der Waals surface area contributed by atoms with Gasteiger partial charge in [-0.3, -0.25) is 14.4 Å². The van der Waals surface area contributed by atoms with Gasteiger partial charge in [0.2, 0.25) is 11.8 Å². The van der Waals surface area contributed by atoms with Crippen LogP contribution in [0.1, 0.15) is 43.7 Å². The highest BCUT2D eigenvalue weighted by Crippen LogP contribution is 2.29. The second-order valence-electron chi connectivity index (χ2n) is 7.81. The lowest BCUT2D eigenvalue weighted by atomic mass is 9.89. The molecule has 2 amide bonds. The number of rotatable bonds is 4. The second kappa shape index (κ2) is 8.55. The van der Waals surface area contributed by atoms with Gasteiger partial charge in [-0.05, 0) is 43.4 Å². The van der Waals surface area contributed by atoms with Gasteiger partial charge >= 0.3 is 6.18 Å². The fourth-order valence-electron chi connectivity index (χ4n) is 4.19. The van der Waals surface area contributed by atoms with E-state index in [4.69, 9.17) is 0 Å². The number of hydrogen-bond donors (Lipinski definition) is 0. The monoisotopic (exact) mass is 410 g/mol. The molecule has 0 spiro atoms. The summed E-state index contributed by atoms with van der Waals surface area (Å²) in [6.07, 6.45) is -1.73. The number of amides is 2. The molecule has 1 aromatic carbocycles. The van der Waals surface area contributed by atoms with Gasteiger partial charge in [0.1, 0.15) is 11.8 Å². The van der Waals surface area contributed by atoms with E-state index in [2.05, 4.69) is 0 Å². The first-order chi connectivity index (χ1) is 13.7. The summed E-state index contributed by atoms with van der Waals surface area (Å²) >= 11 is 0. The van der Waals surface area contributed by atoms with Crippen molar-refractivity contribution in [3.05, 3.63) is 35.4 Å². The number of carbonyl (C=O) groups excluding carboxylic acids is 3. The summed E-state index contributed by atoms with van der Waals surface area (Å²) < 4.78 is 37.9. The predicted molar refractivity (Wildman–Crippen MR) is 99.9 cm³/mol. The Hall–Kier alpha value is -2.38. The first kappa shape index (κ1) is 21.3. The van der Waals surface area contributed by atoms with Crippen LogP contribution in [0.4, 0.5) is 13.2 Å². The van der Waals surface area contributed by atoms with Crippen molar-refractivity contribution in [2.75, 3.05) is 19.6 Å². The zero-order valence-corrected chi connectivity index (χ0v) is 16.4. The van der Waals surface area contributed by atoms with Crippen LogP contribution in [0.15, 0.2) is 24.3 Å². The van der Waals surface area contributed by atoms with E-state index < -0.39 is 17.8 Å². The summed E-state index contributed by atoms with van der Waals surface area (Å²) in [5.41, 5.74) is -0.170. The van der Waals surface area contributed by atoms with Crippen LogP contribution in [-0.2, 0) is 27.0 Å². The van der Waals surface area contributed by atoms with E-state index in [0.29, 0.717) is 44.5 Å². The molecular formula is C21H25F3N2O3. The number of piperidine rings is 1. The number of Topliss-reactive ketones (excluding diaryl/α,β-unsaturated/α-hetero) is 1. The third kappa shape index (κ3) is 4.97. The molecule has 2 aliphatic rings. The minimum absolute atomic E-state index is 0.0110. The Morgan fingerprint density at radius 3 is 2.17 bits per heavy atom. The molecule has 2 fully saturated rings. The molecule has 158 valence electrons. The molecule has 0 aliphatic carbocycles. The maximum Gasteiger partial charge on any atom is 0.416 e. The topological polar surface area (TPSA) is 57.7 Å². The molecule has 0 bridgehead atoms. The minimum Gasteiger partial charge on any atom is -0.341 e. The lowest BCUT2D eigenvalue weighted by Crippen LogP contribution is -2.50. The molecule has 0 saturated carbocycles. The van der Waals surface area contributed by atoms with Crippen molar-refractivity contribution >= 4 is 17.6 Å². The molecule has 0 N–H and O–H groups in total. The van der Waals surface area contributed by atoms with E-state index in [1.807, 2.05) is 0 Å². The molecule has 1 aromatic rings. The van der Waals surface area contributed by atoms with Gasteiger partial charge < -0.3 is 9.80 Å². The average Bonchev–Trinajstić information content (AvgIpc) is 3.17. The van der Waals surface area contributed by atoms with Crippen molar-refractivity contribution in [3.8, 4) is 0 Å². The molecule has 0 radical (unpaired) electrons. The number of halogens is 3. The van der Waals surface area contributed by atoms with E-state index in [0.717, 1.165) is 18.6 Å². The van der Waals surface area contributed by atoms with Crippen LogP contribution in [0.5, 0.6) is 0 Å². The Kier molecular flexibility index (Phi) is 6.29. The molecule has 1 atom stereocenters. The Balaban J connectivity index is 1.52. The highest BCUT2D eigenvalue weighted by Gasteiger charge is 2.37.